The van der Waals surface area contributed by atoms with Gasteiger partial charge < -0.3 is 10.6 Å². The van der Waals surface area contributed by atoms with Gasteiger partial charge in [0.1, 0.15) is 0 Å². The first-order valence-corrected chi connectivity index (χ1v) is 6.27. The summed E-state index contributed by atoms with van der Waals surface area (Å²) >= 11 is 6.30. The maximum Gasteiger partial charge on any atom is 0.0643 e. The van der Waals surface area contributed by atoms with Gasteiger partial charge in [0.2, 0.25) is 0 Å². The number of hydrogen-bond donors (Lipinski definition) is 1. The Balaban J connectivity index is 3.00. The van der Waals surface area contributed by atoms with E-state index < -0.39 is 0 Å². The summed E-state index contributed by atoms with van der Waals surface area (Å²) in [5.74, 6) is 0. The van der Waals surface area contributed by atoms with Crippen molar-refractivity contribution in [3.63, 3.8) is 0 Å². The van der Waals surface area contributed by atoms with Crippen molar-refractivity contribution in [1.29, 1.82) is 0 Å². The van der Waals surface area contributed by atoms with Gasteiger partial charge in [0.05, 0.1) is 10.7 Å². The van der Waals surface area contributed by atoms with Gasteiger partial charge in [0.25, 0.3) is 0 Å². The van der Waals surface area contributed by atoms with Gasteiger partial charge in [-0.15, -0.1) is 0 Å². The van der Waals surface area contributed by atoms with Gasteiger partial charge in [-0.05, 0) is 38.5 Å². The highest BCUT2D eigenvalue weighted by Gasteiger charge is 2.10. The molecule has 0 amide bonds. The van der Waals surface area contributed by atoms with Crippen molar-refractivity contribution in [2.45, 2.75) is 26.8 Å². The first-order valence-electron chi connectivity index (χ1n) is 5.90. The van der Waals surface area contributed by atoms with E-state index in [4.69, 9.17) is 17.3 Å². The summed E-state index contributed by atoms with van der Waals surface area (Å²) in [6.45, 7) is 11.8. The van der Waals surface area contributed by atoms with Gasteiger partial charge in [-0.25, -0.2) is 0 Å². The molecule has 0 saturated carbocycles. The van der Waals surface area contributed by atoms with Crippen LogP contribution < -0.4 is 10.6 Å². The molecule has 0 fully saturated rings. The summed E-state index contributed by atoms with van der Waals surface area (Å²) in [4.78, 5) is 2.20. The Hall–Kier alpha value is -0.990. The van der Waals surface area contributed by atoms with Crippen LogP contribution in [0, 0.1) is 0 Å². The van der Waals surface area contributed by atoms with E-state index in [1.54, 1.807) is 0 Å². The van der Waals surface area contributed by atoms with E-state index >= 15 is 0 Å². The lowest BCUT2D eigenvalue weighted by Crippen LogP contribution is -2.24. The Morgan fingerprint density at radius 3 is 2.59 bits per heavy atom. The van der Waals surface area contributed by atoms with E-state index in [1.165, 1.54) is 0 Å². The van der Waals surface area contributed by atoms with E-state index in [0.717, 1.165) is 34.9 Å². The summed E-state index contributed by atoms with van der Waals surface area (Å²) in [5, 5.41) is 0.753. The topological polar surface area (TPSA) is 29.3 Å². The molecule has 1 atom stereocenters. The molecule has 0 saturated heterocycles. The van der Waals surface area contributed by atoms with E-state index in [-0.39, 0.29) is 6.04 Å². The Labute approximate surface area is 109 Å². The minimum Gasteiger partial charge on any atom is -0.367 e. The lowest BCUT2D eigenvalue weighted by Gasteiger charge is -2.25. The predicted molar refractivity (Wildman–Crippen MR) is 76.8 cm³/mol. The van der Waals surface area contributed by atoms with Crippen LogP contribution in [-0.2, 0) is 0 Å². The maximum atomic E-state index is 6.30. The zero-order chi connectivity index (χ0) is 13.0. The van der Waals surface area contributed by atoms with Crippen LogP contribution in [0.3, 0.4) is 0 Å². The number of hydrogen-bond acceptors (Lipinski definition) is 2. The zero-order valence-corrected chi connectivity index (χ0v) is 11.6. The highest BCUT2D eigenvalue weighted by atomic mass is 35.5. The zero-order valence-electron chi connectivity index (χ0n) is 10.8. The predicted octanol–water partition coefficient (Wildman–Crippen LogP) is 3.76. The van der Waals surface area contributed by atoms with Crippen molar-refractivity contribution in [2.24, 2.45) is 5.73 Å². The number of rotatable bonds is 5. The second kappa shape index (κ2) is 6.08. The summed E-state index contributed by atoms with van der Waals surface area (Å²) in [7, 11) is 0. The molecule has 2 nitrogen and oxygen atoms in total. The fraction of sp³-hybridized carbons (Fsp3) is 0.429. The molecule has 1 aromatic carbocycles. The van der Waals surface area contributed by atoms with Crippen molar-refractivity contribution < 1.29 is 0 Å². The quantitative estimate of drug-likeness (QED) is 0.809. The Kier molecular flexibility index (Phi) is 5.03. The Morgan fingerprint density at radius 1 is 1.53 bits per heavy atom. The molecule has 0 aliphatic heterocycles. The van der Waals surface area contributed by atoms with Crippen LogP contribution >= 0.6 is 11.6 Å². The molecule has 94 valence electrons. The molecular weight excluding hydrogens is 232 g/mol. The lowest BCUT2D eigenvalue weighted by molar-refractivity contribution is 0.816. The smallest absolute Gasteiger partial charge is 0.0643 e. The van der Waals surface area contributed by atoms with Crippen molar-refractivity contribution in [3.05, 3.63) is 40.9 Å². The van der Waals surface area contributed by atoms with Crippen LogP contribution in [0.4, 0.5) is 5.69 Å². The number of benzene rings is 1. The molecule has 2 N–H and O–H groups in total. The molecule has 0 aliphatic rings. The first kappa shape index (κ1) is 14.1. The van der Waals surface area contributed by atoms with Crippen molar-refractivity contribution in [1.82, 2.24) is 0 Å². The third-order valence-electron chi connectivity index (χ3n) is 2.68. The van der Waals surface area contributed by atoms with Crippen molar-refractivity contribution >= 4 is 17.3 Å². The molecule has 0 radical (unpaired) electrons. The number of likely N-dealkylation sites (N-methyl/N-ethyl adjacent to an activating group) is 1. The first-order chi connectivity index (χ1) is 7.95. The normalized spacial score (nSPS) is 12.3. The summed E-state index contributed by atoms with van der Waals surface area (Å²) in [5.41, 5.74) is 9.06. The van der Waals surface area contributed by atoms with Gasteiger partial charge >= 0.3 is 0 Å². The number of halogens is 1. The number of anilines is 1. The van der Waals surface area contributed by atoms with Gasteiger partial charge in [-0.2, -0.15) is 0 Å². The highest BCUT2D eigenvalue weighted by molar-refractivity contribution is 6.33. The molecule has 0 bridgehead atoms. The number of nitrogens with zero attached hydrogens (tertiary/aromatic N) is 1. The van der Waals surface area contributed by atoms with Crippen molar-refractivity contribution in [3.8, 4) is 0 Å². The average Bonchev–Trinajstić information content (AvgIpc) is 2.25. The fourth-order valence-electron chi connectivity index (χ4n) is 1.76. The molecule has 1 rings (SSSR count). The van der Waals surface area contributed by atoms with E-state index in [9.17, 15) is 0 Å². The minimum atomic E-state index is 0.0118. The van der Waals surface area contributed by atoms with Crippen LogP contribution in [0.5, 0.6) is 0 Å². The monoisotopic (exact) mass is 252 g/mol. The molecule has 1 aromatic rings. The second-order valence-electron chi connectivity index (χ2n) is 4.47. The number of nitrogens with two attached hydrogens (primary N) is 1. The van der Waals surface area contributed by atoms with Crippen LogP contribution in [-0.4, -0.2) is 13.1 Å². The molecule has 0 spiro atoms. The molecule has 0 heterocycles. The van der Waals surface area contributed by atoms with Crippen LogP contribution in [0.1, 0.15) is 32.4 Å². The largest absolute Gasteiger partial charge is 0.367 e. The minimum absolute atomic E-state index is 0.0118. The SMILES string of the molecule is C=C(C)CN(CC)c1ccc(C(C)N)cc1Cl. The standard InChI is InChI=1S/C14H21ClN2/c1-5-17(9-10(2)3)14-7-6-12(11(4)16)8-13(14)15/h6-8,11H,2,5,9,16H2,1,3-4H3. The average molecular weight is 253 g/mol. The highest BCUT2D eigenvalue weighted by Crippen LogP contribution is 2.28. The van der Waals surface area contributed by atoms with Crippen LogP contribution in [0.25, 0.3) is 0 Å². The molecule has 0 aliphatic carbocycles. The molecule has 1 unspecified atom stereocenters. The van der Waals surface area contributed by atoms with E-state index in [1.807, 2.05) is 32.0 Å². The van der Waals surface area contributed by atoms with Gasteiger partial charge in [-0.1, -0.05) is 29.8 Å². The Morgan fingerprint density at radius 2 is 2.18 bits per heavy atom. The lowest BCUT2D eigenvalue weighted by atomic mass is 10.1. The molecule has 0 aromatic heterocycles. The third kappa shape index (κ3) is 3.76. The third-order valence-corrected chi connectivity index (χ3v) is 2.98. The second-order valence-corrected chi connectivity index (χ2v) is 4.88. The van der Waals surface area contributed by atoms with Crippen molar-refractivity contribution in [2.75, 3.05) is 18.0 Å². The summed E-state index contributed by atoms with van der Waals surface area (Å²) < 4.78 is 0. The van der Waals surface area contributed by atoms with Gasteiger partial charge in [0, 0.05) is 19.1 Å². The molecule has 17 heavy (non-hydrogen) atoms. The van der Waals surface area contributed by atoms with E-state index in [0.29, 0.717) is 0 Å². The van der Waals surface area contributed by atoms with Crippen LogP contribution in [0.15, 0.2) is 30.4 Å². The molecule has 3 heteroatoms. The van der Waals surface area contributed by atoms with Gasteiger partial charge in [0.15, 0.2) is 0 Å². The summed E-state index contributed by atoms with van der Waals surface area (Å²) in [6, 6.07) is 6.03. The van der Waals surface area contributed by atoms with Gasteiger partial charge in [-0.3, -0.25) is 0 Å². The summed E-state index contributed by atoms with van der Waals surface area (Å²) in [6.07, 6.45) is 0. The Bertz CT molecular complexity index is 399. The molecular formula is C14H21ClN2. The fourth-order valence-corrected chi connectivity index (χ4v) is 2.06. The van der Waals surface area contributed by atoms with Crippen LogP contribution in [0.2, 0.25) is 5.02 Å². The maximum absolute atomic E-state index is 6.30. The van der Waals surface area contributed by atoms with E-state index in [2.05, 4.69) is 18.4 Å².